The van der Waals surface area contributed by atoms with Crippen LogP contribution in [0.15, 0.2) is 0 Å². The molecule has 0 fully saturated rings. The summed E-state index contributed by atoms with van der Waals surface area (Å²) in [4.78, 5) is 0. The van der Waals surface area contributed by atoms with Gasteiger partial charge in [-0.2, -0.15) is 0 Å². The Morgan fingerprint density at radius 3 is 1.14 bits per heavy atom. The molecule has 0 atom stereocenters. The van der Waals surface area contributed by atoms with E-state index >= 15 is 0 Å². The summed E-state index contributed by atoms with van der Waals surface area (Å²) in [7, 11) is -0.861. The van der Waals surface area contributed by atoms with Crippen LogP contribution in [0.5, 0.6) is 0 Å². The van der Waals surface area contributed by atoms with Crippen LogP contribution in [0.3, 0.4) is 0 Å². The molecule has 0 saturated heterocycles. The van der Waals surface area contributed by atoms with Crippen LogP contribution in [0.2, 0.25) is 19.6 Å². The Kier molecular flexibility index (Phi) is 12.3. The first kappa shape index (κ1) is 15.8. The number of hydrogen-bond donors (Lipinski definition) is 0. The van der Waals surface area contributed by atoms with E-state index in [1.54, 1.807) is 0 Å². The molecule has 0 spiro atoms. The zero-order valence-electron chi connectivity index (χ0n) is 5.78. The van der Waals surface area contributed by atoms with Crippen molar-refractivity contribution < 1.29 is 32.7 Å². The fraction of sp³-hybridized carbons (Fsp3) is 0.600. The van der Waals surface area contributed by atoms with Crippen molar-refractivity contribution in [2.24, 2.45) is 0 Å². The van der Waals surface area contributed by atoms with Crippen molar-refractivity contribution >= 4 is 8.07 Å². The molecule has 0 aliphatic carbocycles. The Labute approximate surface area is 74.0 Å². The predicted molar refractivity (Wildman–Crippen MR) is 35.1 cm³/mol. The third-order valence-corrected chi connectivity index (χ3v) is 0. The minimum atomic E-state index is -0.861. The van der Waals surface area contributed by atoms with Gasteiger partial charge in [-0.1, -0.05) is 19.6 Å². The van der Waals surface area contributed by atoms with Crippen LogP contribution in [0.25, 0.3) is 0 Å². The zero-order valence-corrected chi connectivity index (χ0v) is 9.62. The van der Waals surface area contributed by atoms with Gasteiger partial charge >= 0.3 is 0 Å². The number of rotatable bonds is 0. The molecule has 0 amide bonds. The first-order valence-corrected chi connectivity index (χ1v) is 5.56. The maximum Gasteiger partial charge on any atom is 0 e. The molecule has 0 aromatic carbocycles. The minimum Gasteiger partial charge on any atom is -0.358 e. The van der Waals surface area contributed by atoms with Gasteiger partial charge in [0.15, 0.2) is 0 Å². The van der Waals surface area contributed by atoms with Crippen molar-refractivity contribution in [2.45, 2.75) is 19.6 Å². The maximum atomic E-state index is 3.91. The van der Waals surface area contributed by atoms with Gasteiger partial charge in [0.05, 0.1) is 0 Å². The van der Waals surface area contributed by atoms with E-state index in [9.17, 15) is 0 Å². The summed E-state index contributed by atoms with van der Waals surface area (Å²) in [6.45, 7) is 10.6. The van der Waals surface area contributed by atoms with Crippen molar-refractivity contribution in [3.63, 3.8) is 0 Å². The van der Waals surface area contributed by atoms with E-state index in [4.69, 9.17) is 0 Å². The van der Waals surface area contributed by atoms with Gasteiger partial charge in [0.1, 0.15) is 0 Å². The predicted octanol–water partition coefficient (Wildman–Crippen LogP) is 2.15. The van der Waals surface area contributed by atoms with E-state index in [1.807, 2.05) is 0 Å². The fourth-order valence-corrected chi connectivity index (χ4v) is 0. The van der Waals surface area contributed by atoms with Crippen LogP contribution in [-0.2, 0) is 32.7 Å². The van der Waals surface area contributed by atoms with Crippen molar-refractivity contribution in [3.8, 4) is 0 Å². The first-order chi connectivity index (χ1) is 2.00. The van der Waals surface area contributed by atoms with E-state index in [2.05, 4.69) is 26.2 Å². The van der Waals surface area contributed by atoms with Gasteiger partial charge in [0.2, 0.25) is 0 Å². The quantitative estimate of drug-likeness (QED) is 0.406. The maximum absolute atomic E-state index is 3.91. The van der Waals surface area contributed by atoms with Gasteiger partial charge in [-0.3, -0.25) is 0 Å². The molecule has 0 bridgehead atoms. The zero-order chi connectivity index (χ0) is 4.50. The van der Waals surface area contributed by atoms with Crippen LogP contribution in [0.1, 0.15) is 0 Å². The molecule has 7 heavy (non-hydrogen) atoms. The van der Waals surface area contributed by atoms with E-state index in [0.717, 1.165) is 0 Å². The Balaban J connectivity index is -0.0000000800. The molecule has 0 aromatic heterocycles. The largest absolute Gasteiger partial charge is 0.358 e. The van der Waals surface area contributed by atoms with E-state index in [-0.39, 0.29) is 40.1 Å². The third kappa shape index (κ3) is 119. The summed E-state index contributed by atoms with van der Waals surface area (Å²) < 4.78 is 0. The summed E-state index contributed by atoms with van der Waals surface area (Å²) >= 11 is 0. The van der Waals surface area contributed by atoms with E-state index < -0.39 is 8.07 Å². The van der Waals surface area contributed by atoms with Gasteiger partial charge in [0.25, 0.3) is 0 Å². The van der Waals surface area contributed by atoms with Crippen molar-refractivity contribution in [2.75, 3.05) is 0 Å². The Morgan fingerprint density at radius 2 is 1.14 bits per heavy atom. The minimum absolute atomic E-state index is 0. The van der Waals surface area contributed by atoms with Gasteiger partial charge in [-0.05, 0) is 0 Å². The number of hydrogen-bond acceptors (Lipinski definition) is 0. The molecule has 0 aliphatic rings. The summed E-state index contributed by atoms with van der Waals surface area (Å²) in [6.07, 6.45) is 0. The molecule has 0 rings (SSSR count). The summed E-state index contributed by atoms with van der Waals surface area (Å²) in [6, 6.07) is 0. The summed E-state index contributed by atoms with van der Waals surface area (Å²) in [5.74, 6) is 0. The van der Waals surface area contributed by atoms with E-state index in [0.29, 0.717) is 0 Å². The third-order valence-electron chi connectivity index (χ3n) is 0. The molecule has 0 unspecified atom stereocenters. The average molecular weight is 191 g/mol. The SMILES string of the molecule is [CH2-][Si](C)(C)C.[CH3-].[Y]. The molecule has 0 aliphatic heterocycles. The van der Waals surface area contributed by atoms with Gasteiger partial charge in [-0.15, -0.1) is 8.07 Å². The van der Waals surface area contributed by atoms with Crippen LogP contribution in [-0.4, -0.2) is 8.07 Å². The second-order valence-electron chi connectivity index (χ2n) is 2.56. The van der Waals surface area contributed by atoms with Crippen molar-refractivity contribution in [1.82, 2.24) is 0 Å². The molecule has 2 heteroatoms. The second kappa shape index (κ2) is 5.46. The smallest absolute Gasteiger partial charge is 0 e. The fourth-order valence-electron chi connectivity index (χ4n) is 0. The summed E-state index contributed by atoms with van der Waals surface area (Å²) in [5.41, 5.74) is 0. The molecular formula is C5H14SiY-2. The first-order valence-electron chi connectivity index (χ1n) is 1.85. The van der Waals surface area contributed by atoms with Crippen LogP contribution >= 0.6 is 0 Å². The van der Waals surface area contributed by atoms with Crippen LogP contribution in [0.4, 0.5) is 0 Å². The molecule has 0 heterocycles. The monoisotopic (exact) mass is 191 g/mol. The molecule has 0 N–H and O–H groups in total. The molecule has 0 aromatic rings. The van der Waals surface area contributed by atoms with Crippen LogP contribution < -0.4 is 0 Å². The Hall–Kier alpha value is 1.32. The molecular weight excluding hydrogens is 177 g/mol. The van der Waals surface area contributed by atoms with Crippen molar-refractivity contribution in [3.05, 3.63) is 14.0 Å². The van der Waals surface area contributed by atoms with E-state index in [1.165, 1.54) is 0 Å². The molecule has 0 saturated carbocycles. The Morgan fingerprint density at radius 1 is 1.14 bits per heavy atom. The molecule has 0 nitrogen and oxygen atoms in total. The van der Waals surface area contributed by atoms with Gasteiger partial charge in [-0.25, -0.2) is 0 Å². The summed E-state index contributed by atoms with van der Waals surface area (Å²) in [5, 5.41) is 0. The average Bonchev–Trinajstić information content (AvgIpc) is 0.722. The normalized spacial score (nSPS) is 8.57. The Bertz CT molecular complexity index is 23.6. The van der Waals surface area contributed by atoms with Gasteiger partial charge in [0, 0.05) is 32.7 Å². The van der Waals surface area contributed by atoms with Crippen molar-refractivity contribution in [1.29, 1.82) is 0 Å². The molecule has 1 radical (unpaired) electrons. The van der Waals surface area contributed by atoms with Gasteiger partial charge < -0.3 is 14.0 Å². The second-order valence-corrected chi connectivity index (χ2v) is 7.68. The molecule has 43 valence electrons. The van der Waals surface area contributed by atoms with Crippen LogP contribution in [0, 0.1) is 14.0 Å². The standard InChI is InChI=1S/C4H11Si.CH3.Y/c1-5(2,3)4;;/h1H2,2-4H3;1H3;/q2*-1;. The topological polar surface area (TPSA) is 0 Å².